The first-order valence-corrected chi connectivity index (χ1v) is 7.28. The quantitative estimate of drug-likeness (QED) is 0.698. The third-order valence-corrected chi connectivity index (χ3v) is 4.31. The van der Waals surface area contributed by atoms with Gasteiger partial charge in [-0.2, -0.15) is 0 Å². The highest BCUT2D eigenvalue weighted by molar-refractivity contribution is 6.31. The van der Waals surface area contributed by atoms with Gasteiger partial charge in [-0.3, -0.25) is 0 Å². The molecular weight excluding hydrogens is 291 g/mol. The summed E-state index contributed by atoms with van der Waals surface area (Å²) in [5.74, 6) is 0. The second-order valence-electron chi connectivity index (χ2n) is 5.00. The average Bonchev–Trinajstić information content (AvgIpc) is 3.01. The van der Waals surface area contributed by atoms with Crippen LogP contribution >= 0.6 is 23.2 Å². The van der Waals surface area contributed by atoms with E-state index in [1.54, 1.807) is 0 Å². The summed E-state index contributed by atoms with van der Waals surface area (Å²) >= 11 is 12.1. The van der Waals surface area contributed by atoms with Crippen LogP contribution in [-0.4, -0.2) is 4.57 Å². The Bertz CT molecular complexity index is 803. The van der Waals surface area contributed by atoms with Gasteiger partial charge in [0.05, 0.1) is 5.52 Å². The van der Waals surface area contributed by atoms with E-state index in [1.807, 2.05) is 18.2 Å². The number of aromatic nitrogens is 1. The highest BCUT2D eigenvalue weighted by atomic mass is 35.5. The summed E-state index contributed by atoms with van der Waals surface area (Å²) in [6.45, 7) is 1.77. The lowest BCUT2D eigenvalue weighted by Gasteiger charge is -2.09. The molecule has 2 nitrogen and oxygen atoms in total. The van der Waals surface area contributed by atoms with Crippen molar-refractivity contribution in [1.29, 1.82) is 0 Å². The minimum Gasteiger partial charge on any atom is -0.312 e. The molecule has 0 bridgehead atoms. The number of nitrogens with zero attached hydrogens (tertiary/aromatic N) is 1. The molecule has 4 rings (SSSR count). The van der Waals surface area contributed by atoms with Crippen LogP contribution in [0.25, 0.3) is 16.6 Å². The zero-order chi connectivity index (χ0) is 13.7. The molecule has 1 aliphatic rings. The van der Waals surface area contributed by atoms with Crippen LogP contribution in [-0.2, 0) is 13.1 Å². The van der Waals surface area contributed by atoms with E-state index >= 15 is 0 Å². The first-order chi connectivity index (χ1) is 9.74. The summed E-state index contributed by atoms with van der Waals surface area (Å²) in [6.07, 6.45) is 0. The Kier molecular flexibility index (Phi) is 2.77. The van der Waals surface area contributed by atoms with Crippen LogP contribution in [0, 0.1) is 0 Å². The molecule has 2 heterocycles. The molecule has 0 spiro atoms. The second kappa shape index (κ2) is 4.52. The van der Waals surface area contributed by atoms with Crippen LogP contribution in [0.4, 0.5) is 0 Å². The van der Waals surface area contributed by atoms with Crippen LogP contribution in [0.5, 0.6) is 0 Å². The standard InChI is InChI=1S/C16H12Cl2N2/c17-10-1-4-12(5-2-10)20-15-6-3-11(18)7-13(15)14-8-19-9-16(14)20/h1-7,19H,8-9H2. The molecule has 0 atom stereocenters. The van der Waals surface area contributed by atoms with Crippen molar-refractivity contribution in [1.82, 2.24) is 9.88 Å². The van der Waals surface area contributed by atoms with Crippen molar-refractivity contribution in [2.45, 2.75) is 13.1 Å². The lowest BCUT2D eigenvalue weighted by atomic mass is 10.1. The van der Waals surface area contributed by atoms with Gasteiger partial charge in [-0.15, -0.1) is 0 Å². The van der Waals surface area contributed by atoms with Gasteiger partial charge in [-0.1, -0.05) is 23.2 Å². The topological polar surface area (TPSA) is 17.0 Å². The van der Waals surface area contributed by atoms with Gasteiger partial charge in [0, 0.05) is 39.9 Å². The molecule has 0 saturated heterocycles. The van der Waals surface area contributed by atoms with Gasteiger partial charge in [0.15, 0.2) is 0 Å². The van der Waals surface area contributed by atoms with Gasteiger partial charge in [-0.05, 0) is 48.0 Å². The Morgan fingerprint density at radius 2 is 1.65 bits per heavy atom. The van der Waals surface area contributed by atoms with Gasteiger partial charge < -0.3 is 9.88 Å². The van der Waals surface area contributed by atoms with Crippen molar-refractivity contribution < 1.29 is 0 Å². The highest BCUT2D eigenvalue weighted by Gasteiger charge is 2.21. The zero-order valence-corrected chi connectivity index (χ0v) is 12.2. The number of hydrogen-bond acceptors (Lipinski definition) is 1. The second-order valence-corrected chi connectivity index (χ2v) is 5.87. The van der Waals surface area contributed by atoms with E-state index in [9.17, 15) is 0 Å². The predicted molar refractivity (Wildman–Crippen MR) is 83.8 cm³/mol. The lowest BCUT2D eigenvalue weighted by Crippen LogP contribution is -2.06. The lowest BCUT2D eigenvalue weighted by molar-refractivity contribution is 0.747. The zero-order valence-electron chi connectivity index (χ0n) is 10.7. The summed E-state index contributed by atoms with van der Waals surface area (Å²) in [5.41, 5.74) is 4.98. The molecule has 4 heteroatoms. The molecule has 1 aliphatic heterocycles. The summed E-state index contributed by atoms with van der Waals surface area (Å²) in [7, 11) is 0. The Labute approximate surface area is 126 Å². The van der Waals surface area contributed by atoms with Gasteiger partial charge in [0.1, 0.15) is 0 Å². The SMILES string of the molecule is Clc1ccc(-n2c3c(c4cc(Cl)ccc42)CNC3)cc1. The molecule has 20 heavy (non-hydrogen) atoms. The van der Waals surface area contributed by atoms with E-state index in [0.29, 0.717) is 0 Å². The van der Waals surface area contributed by atoms with Crippen LogP contribution < -0.4 is 5.32 Å². The number of nitrogens with one attached hydrogen (secondary N) is 1. The van der Waals surface area contributed by atoms with Crippen molar-refractivity contribution in [2.75, 3.05) is 0 Å². The van der Waals surface area contributed by atoms with Gasteiger partial charge >= 0.3 is 0 Å². The Hall–Kier alpha value is -1.48. The fourth-order valence-corrected chi connectivity index (χ4v) is 3.25. The first-order valence-electron chi connectivity index (χ1n) is 6.52. The number of fused-ring (bicyclic) bond motifs is 3. The largest absolute Gasteiger partial charge is 0.312 e. The predicted octanol–water partition coefficient (Wildman–Crippen LogP) is 4.54. The van der Waals surface area contributed by atoms with E-state index in [4.69, 9.17) is 23.2 Å². The highest BCUT2D eigenvalue weighted by Crippen LogP contribution is 2.34. The van der Waals surface area contributed by atoms with Crippen molar-refractivity contribution in [2.24, 2.45) is 0 Å². The molecular formula is C16H12Cl2N2. The molecule has 1 N–H and O–H groups in total. The van der Waals surface area contributed by atoms with Crippen LogP contribution in [0.2, 0.25) is 10.0 Å². The Morgan fingerprint density at radius 3 is 2.45 bits per heavy atom. The van der Waals surface area contributed by atoms with Crippen LogP contribution in [0.1, 0.15) is 11.3 Å². The van der Waals surface area contributed by atoms with E-state index in [-0.39, 0.29) is 0 Å². The van der Waals surface area contributed by atoms with Crippen molar-refractivity contribution >= 4 is 34.1 Å². The van der Waals surface area contributed by atoms with E-state index in [2.05, 4.69) is 34.1 Å². The number of benzene rings is 2. The van der Waals surface area contributed by atoms with E-state index < -0.39 is 0 Å². The molecule has 0 aliphatic carbocycles. The van der Waals surface area contributed by atoms with Crippen LogP contribution in [0.3, 0.4) is 0 Å². The molecule has 100 valence electrons. The van der Waals surface area contributed by atoms with Crippen LogP contribution in [0.15, 0.2) is 42.5 Å². The number of hydrogen-bond donors (Lipinski definition) is 1. The molecule has 3 aromatic rings. The van der Waals surface area contributed by atoms with Crippen molar-refractivity contribution in [3.8, 4) is 5.69 Å². The summed E-state index contributed by atoms with van der Waals surface area (Å²) < 4.78 is 2.29. The van der Waals surface area contributed by atoms with Gasteiger partial charge in [0.2, 0.25) is 0 Å². The molecule has 0 radical (unpaired) electrons. The number of rotatable bonds is 1. The maximum atomic E-state index is 6.15. The third-order valence-electron chi connectivity index (χ3n) is 3.82. The van der Waals surface area contributed by atoms with Crippen molar-refractivity contribution in [3.05, 3.63) is 63.8 Å². The molecule has 2 aromatic carbocycles. The Morgan fingerprint density at radius 1 is 0.900 bits per heavy atom. The fraction of sp³-hybridized carbons (Fsp3) is 0.125. The maximum Gasteiger partial charge on any atom is 0.0536 e. The van der Waals surface area contributed by atoms with Crippen molar-refractivity contribution in [3.63, 3.8) is 0 Å². The smallest absolute Gasteiger partial charge is 0.0536 e. The van der Waals surface area contributed by atoms with Gasteiger partial charge in [0.25, 0.3) is 0 Å². The monoisotopic (exact) mass is 302 g/mol. The van der Waals surface area contributed by atoms with E-state index in [0.717, 1.165) is 28.8 Å². The third kappa shape index (κ3) is 1.76. The fourth-order valence-electron chi connectivity index (χ4n) is 2.95. The average molecular weight is 303 g/mol. The minimum absolute atomic E-state index is 0.753. The molecule has 1 aromatic heterocycles. The molecule has 0 unspecified atom stereocenters. The minimum atomic E-state index is 0.753. The summed E-state index contributed by atoms with van der Waals surface area (Å²) in [6, 6.07) is 14.0. The summed E-state index contributed by atoms with van der Waals surface area (Å²) in [5, 5.41) is 6.17. The number of halogens is 2. The van der Waals surface area contributed by atoms with E-state index in [1.165, 1.54) is 22.2 Å². The Balaban J connectivity index is 2.06. The first kappa shape index (κ1) is 12.3. The summed E-state index contributed by atoms with van der Waals surface area (Å²) in [4.78, 5) is 0. The molecule has 0 saturated carbocycles. The normalized spacial score (nSPS) is 13.9. The molecule has 0 fully saturated rings. The molecule has 0 amide bonds. The maximum absolute atomic E-state index is 6.15. The van der Waals surface area contributed by atoms with Gasteiger partial charge in [-0.25, -0.2) is 0 Å².